The molecule has 13 heavy (non-hydrogen) atoms. The van der Waals surface area contributed by atoms with Crippen LogP contribution in [0.15, 0.2) is 0 Å². The molecule has 4 heteroatoms. The van der Waals surface area contributed by atoms with E-state index >= 15 is 0 Å². The van der Waals surface area contributed by atoms with E-state index in [-0.39, 0.29) is 17.9 Å². The Labute approximate surface area is 78.0 Å². The molecular weight excluding hydrogens is 170 g/mol. The van der Waals surface area contributed by atoms with E-state index in [1.54, 1.807) is 14.2 Å². The van der Waals surface area contributed by atoms with E-state index in [2.05, 4.69) is 0 Å². The summed E-state index contributed by atoms with van der Waals surface area (Å²) < 4.78 is 10.8. The van der Waals surface area contributed by atoms with Gasteiger partial charge in [0.15, 0.2) is 5.79 Å². The van der Waals surface area contributed by atoms with Gasteiger partial charge in [0, 0.05) is 32.1 Å². The number of aliphatic hydroxyl groups is 1. The average Bonchev–Trinajstić information content (AvgIpc) is 2.61. The van der Waals surface area contributed by atoms with Gasteiger partial charge in [-0.25, -0.2) is 0 Å². The molecule has 0 spiro atoms. The van der Waals surface area contributed by atoms with Crippen molar-refractivity contribution in [2.75, 3.05) is 14.2 Å². The number of aliphatic hydroxyl groups excluding tert-OH is 1. The van der Waals surface area contributed by atoms with Crippen molar-refractivity contribution in [2.45, 2.75) is 30.8 Å². The maximum atomic E-state index is 9.80. The molecule has 0 radical (unpaired) electrons. The lowest BCUT2D eigenvalue weighted by Gasteiger charge is -2.31. The quantitative estimate of drug-likeness (QED) is 0.583. The fourth-order valence-corrected chi connectivity index (χ4v) is 3.10. The second kappa shape index (κ2) is 2.92. The number of hydrogen-bond donors (Lipinski definition) is 2. The Balaban J connectivity index is 2.31. The molecule has 0 heterocycles. The summed E-state index contributed by atoms with van der Waals surface area (Å²) in [5.74, 6) is -0.441. The van der Waals surface area contributed by atoms with Crippen LogP contribution in [0.3, 0.4) is 0 Å². The lowest BCUT2D eigenvalue weighted by atomic mass is 9.94. The van der Waals surface area contributed by atoms with Crippen molar-refractivity contribution in [1.29, 1.82) is 0 Å². The standard InChI is InChI=1S/C9H17NO3/c1-12-9(13-2)5-3-4-6(9)8(11)7(5)10/h5-8,11H,3-4,10H2,1-2H3/t5-,6+,7-,8+/m1/s1. The predicted octanol–water partition coefficient (Wildman–Crippen LogP) is -0.296. The van der Waals surface area contributed by atoms with E-state index < -0.39 is 11.9 Å². The van der Waals surface area contributed by atoms with Gasteiger partial charge >= 0.3 is 0 Å². The largest absolute Gasteiger partial charge is 0.391 e. The minimum absolute atomic E-state index is 0.0440. The van der Waals surface area contributed by atoms with Crippen molar-refractivity contribution in [3.8, 4) is 0 Å². The van der Waals surface area contributed by atoms with Gasteiger partial charge in [-0.15, -0.1) is 0 Å². The van der Waals surface area contributed by atoms with E-state index in [9.17, 15) is 5.11 Å². The van der Waals surface area contributed by atoms with Gasteiger partial charge in [-0.2, -0.15) is 0 Å². The van der Waals surface area contributed by atoms with E-state index in [4.69, 9.17) is 15.2 Å². The minimum Gasteiger partial charge on any atom is -0.391 e. The molecule has 2 aliphatic carbocycles. The summed E-state index contributed by atoms with van der Waals surface area (Å²) in [7, 11) is 3.25. The SMILES string of the molecule is COC1(OC)[C@@H]2CC[C@H]1[C@H](O)[C@@H]2N. The zero-order valence-electron chi connectivity index (χ0n) is 8.06. The molecule has 0 amide bonds. The Kier molecular flexibility index (Phi) is 2.11. The van der Waals surface area contributed by atoms with E-state index in [0.29, 0.717) is 0 Å². The van der Waals surface area contributed by atoms with Crippen molar-refractivity contribution in [2.24, 2.45) is 17.6 Å². The van der Waals surface area contributed by atoms with Crippen LogP contribution in [0, 0.1) is 11.8 Å². The maximum Gasteiger partial charge on any atom is 0.177 e. The lowest BCUT2D eigenvalue weighted by Crippen LogP contribution is -2.42. The molecule has 2 aliphatic rings. The summed E-state index contributed by atoms with van der Waals surface area (Å²) in [5.41, 5.74) is 5.88. The number of fused-ring (bicyclic) bond motifs is 2. The third-order valence-corrected chi connectivity index (χ3v) is 3.73. The van der Waals surface area contributed by atoms with Crippen LogP contribution in [-0.2, 0) is 9.47 Å². The zero-order valence-corrected chi connectivity index (χ0v) is 8.06. The Bertz CT molecular complexity index is 187. The van der Waals surface area contributed by atoms with Crippen LogP contribution in [0.2, 0.25) is 0 Å². The zero-order chi connectivity index (χ0) is 9.64. The molecule has 0 aromatic carbocycles. The van der Waals surface area contributed by atoms with Crippen LogP contribution in [-0.4, -0.2) is 37.3 Å². The van der Waals surface area contributed by atoms with Crippen molar-refractivity contribution in [3.63, 3.8) is 0 Å². The first-order valence-electron chi connectivity index (χ1n) is 4.71. The molecule has 4 atom stereocenters. The lowest BCUT2D eigenvalue weighted by molar-refractivity contribution is -0.239. The average molecular weight is 187 g/mol. The number of hydrogen-bond acceptors (Lipinski definition) is 4. The molecule has 0 aliphatic heterocycles. The molecular formula is C9H17NO3. The van der Waals surface area contributed by atoms with Gasteiger partial charge in [0.05, 0.1) is 6.10 Å². The third-order valence-electron chi connectivity index (χ3n) is 3.73. The van der Waals surface area contributed by atoms with Gasteiger partial charge in [0.25, 0.3) is 0 Å². The highest BCUT2D eigenvalue weighted by atomic mass is 16.7. The van der Waals surface area contributed by atoms with Crippen LogP contribution >= 0.6 is 0 Å². The molecule has 0 unspecified atom stereocenters. The summed E-state index contributed by atoms with van der Waals surface area (Å²) in [4.78, 5) is 0. The van der Waals surface area contributed by atoms with Crippen LogP contribution in [0.4, 0.5) is 0 Å². The topological polar surface area (TPSA) is 64.7 Å². The summed E-state index contributed by atoms with van der Waals surface area (Å²) in [6.45, 7) is 0. The Hall–Kier alpha value is -0.160. The van der Waals surface area contributed by atoms with Gasteiger partial charge < -0.3 is 20.3 Å². The first-order valence-corrected chi connectivity index (χ1v) is 4.71. The fraction of sp³-hybridized carbons (Fsp3) is 1.00. The monoisotopic (exact) mass is 187 g/mol. The predicted molar refractivity (Wildman–Crippen MR) is 46.9 cm³/mol. The number of rotatable bonds is 2. The van der Waals surface area contributed by atoms with Crippen molar-refractivity contribution in [3.05, 3.63) is 0 Å². The fourth-order valence-electron chi connectivity index (χ4n) is 3.10. The highest BCUT2D eigenvalue weighted by Crippen LogP contribution is 2.53. The van der Waals surface area contributed by atoms with E-state index in [0.717, 1.165) is 12.8 Å². The van der Waals surface area contributed by atoms with E-state index in [1.165, 1.54) is 0 Å². The Morgan fingerprint density at radius 3 is 2.08 bits per heavy atom. The second-order valence-corrected chi connectivity index (χ2v) is 3.99. The highest BCUT2D eigenvalue weighted by Gasteiger charge is 2.64. The van der Waals surface area contributed by atoms with Crippen LogP contribution in [0.1, 0.15) is 12.8 Å². The molecule has 0 saturated heterocycles. The van der Waals surface area contributed by atoms with Crippen molar-refractivity contribution < 1.29 is 14.6 Å². The van der Waals surface area contributed by atoms with E-state index in [1.807, 2.05) is 0 Å². The molecule has 2 saturated carbocycles. The summed E-state index contributed by atoms with van der Waals surface area (Å²) in [6, 6.07) is -0.196. The van der Waals surface area contributed by atoms with Gasteiger partial charge in [-0.05, 0) is 12.8 Å². The highest BCUT2D eigenvalue weighted by molar-refractivity contribution is 5.10. The normalized spacial score (nSPS) is 47.1. The minimum atomic E-state index is -0.626. The first-order chi connectivity index (χ1) is 6.17. The smallest absolute Gasteiger partial charge is 0.177 e. The molecule has 2 bridgehead atoms. The number of methoxy groups -OCH3 is 2. The summed E-state index contributed by atoms with van der Waals surface area (Å²) in [5, 5.41) is 9.80. The molecule has 2 fully saturated rings. The van der Waals surface area contributed by atoms with Gasteiger partial charge in [0.1, 0.15) is 0 Å². The summed E-state index contributed by atoms with van der Waals surface area (Å²) in [6.07, 6.45) is 1.46. The number of nitrogens with two attached hydrogens (primary N) is 1. The van der Waals surface area contributed by atoms with Crippen LogP contribution < -0.4 is 5.73 Å². The Morgan fingerprint density at radius 1 is 1.23 bits per heavy atom. The first kappa shape index (κ1) is 9.40. The molecule has 0 aromatic rings. The maximum absolute atomic E-state index is 9.80. The molecule has 76 valence electrons. The van der Waals surface area contributed by atoms with Gasteiger partial charge in [0.2, 0.25) is 0 Å². The van der Waals surface area contributed by atoms with Crippen molar-refractivity contribution >= 4 is 0 Å². The Morgan fingerprint density at radius 2 is 1.77 bits per heavy atom. The number of ether oxygens (including phenoxy) is 2. The summed E-state index contributed by atoms with van der Waals surface area (Å²) >= 11 is 0. The second-order valence-electron chi connectivity index (χ2n) is 3.99. The molecule has 2 rings (SSSR count). The van der Waals surface area contributed by atoms with Gasteiger partial charge in [-0.3, -0.25) is 0 Å². The van der Waals surface area contributed by atoms with Crippen molar-refractivity contribution in [1.82, 2.24) is 0 Å². The molecule has 4 nitrogen and oxygen atoms in total. The van der Waals surface area contributed by atoms with Crippen LogP contribution in [0.5, 0.6) is 0 Å². The molecule has 0 aromatic heterocycles. The van der Waals surface area contributed by atoms with Crippen LogP contribution in [0.25, 0.3) is 0 Å². The molecule has 3 N–H and O–H groups in total. The third kappa shape index (κ3) is 0.944. The van der Waals surface area contributed by atoms with Gasteiger partial charge in [-0.1, -0.05) is 0 Å².